The summed E-state index contributed by atoms with van der Waals surface area (Å²) in [7, 11) is 0. The van der Waals surface area contributed by atoms with Crippen LogP contribution in [0.1, 0.15) is 17.4 Å². The molecule has 1 aromatic carbocycles. The molecule has 2 N–H and O–H groups in total. The summed E-state index contributed by atoms with van der Waals surface area (Å²) in [5.41, 5.74) is 6.42. The summed E-state index contributed by atoms with van der Waals surface area (Å²) in [6.45, 7) is 3.12. The Bertz CT molecular complexity index is 567. The Hall–Kier alpha value is -1.59. The largest absolute Gasteiger partial charge is 0.490 e. The topological polar surface area (TPSA) is 44.5 Å². The van der Waals surface area contributed by atoms with Crippen molar-refractivity contribution in [1.29, 1.82) is 0 Å². The number of hydrogen-bond acceptors (Lipinski definition) is 4. The summed E-state index contributed by atoms with van der Waals surface area (Å²) >= 11 is 6.71. The van der Waals surface area contributed by atoms with Crippen LogP contribution in [-0.2, 0) is 6.42 Å². The molecule has 5 heteroatoms. The monoisotopic (exact) mass is 307 g/mol. The fourth-order valence-corrected chi connectivity index (χ4v) is 2.58. The second kappa shape index (κ2) is 7.26. The molecule has 0 aliphatic carbocycles. The lowest BCUT2D eigenvalue weighted by Crippen LogP contribution is -2.10. The van der Waals surface area contributed by atoms with Crippen molar-refractivity contribution in [3.63, 3.8) is 0 Å². The molecule has 20 heavy (non-hydrogen) atoms. The predicted molar refractivity (Wildman–Crippen MR) is 87.0 cm³/mol. The van der Waals surface area contributed by atoms with E-state index in [0.29, 0.717) is 24.0 Å². The van der Waals surface area contributed by atoms with Crippen LogP contribution in [0.2, 0.25) is 0 Å². The van der Waals surface area contributed by atoms with Gasteiger partial charge in [0.2, 0.25) is 0 Å². The molecule has 1 aromatic heterocycles. The van der Waals surface area contributed by atoms with E-state index < -0.39 is 0 Å². The number of thiophene rings is 1. The fourth-order valence-electron chi connectivity index (χ4n) is 1.77. The van der Waals surface area contributed by atoms with Gasteiger partial charge in [-0.25, -0.2) is 0 Å². The van der Waals surface area contributed by atoms with Crippen LogP contribution in [0.4, 0.5) is 0 Å². The second-order valence-electron chi connectivity index (χ2n) is 4.14. The maximum atomic E-state index is 5.80. The first-order valence-electron chi connectivity index (χ1n) is 6.42. The molecule has 0 atom stereocenters. The van der Waals surface area contributed by atoms with Crippen LogP contribution in [0.25, 0.3) is 0 Å². The molecule has 2 rings (SSSR count). The van der Waals surface area contributed by atoms with E-state index in [4.69, 9.17) is 27.4 Å². The van der Waals surface area contributed by atoms with Gasteiger partial charge in [-0.1, -0.05) is 18.3 Å². The van der Waals surface area contributed by atoms with Gasteiger partial charge in [-0.05, 0) is 36.6 Å². The predicted octanol–water partition coefficient (Wildman–Crippen LogP) is 3.40. The summed E-state index contributed by atoms with van der Waals surface area (Å²) in [5.74, 6) is 1.41. The zero-order chi connectivity index (χ0) is 14.4. The van der Waals surface area contributed by atoms with Gasteiger partial charge < -0.3 is 15.2 Å². The minimum atomic E-state index is 0.357. The van der Waals surface area contributed by atoms with Crippen LogP contribution in [0.5, 0.6) is 11.5 Å². The van der Waals surface area contributed by atoms with Gasteiger partial charge >= 0.3 is 0 Å². The van der Waals surface area contributed by atoms with Crippen LogP contribution in [-0.4, -0.2) is 18.2 Å². The van der Waals surface area contributed by atoms with Crippen molar-refractivity contribution in [3.8, 4) is 11.5 Å². The van der Waals surface area contributed by atoms with Crippen molar-refractivity contribution in [1.82, 2.24) is 0 Å². The Labute approximate surface area is 128 Å². The van der Waals surface area contributed by atoms with Crippen molar-refractivity contribution in [2.75, 3.05) is 13.2 Å². The first-order valence-corrected chi connectivity index (χ1v) is 7.71. The molecule has 0 aliphatic heterocycles. The van der Waals surface area contributed by atoms with Crippen LogP contribution < -0.4 is 15.2 Å². The lowest BCUT2D eigenvalue weighted by molar-refractivity contribution is 0.279. The summed E-state index contributed by atoms with van der Waals surface area (Å²) in [4.78, 5) is 1.67. The van der Waals surface area contributed by atoms with Crippen molar-refractivity contribution < 1.29 is 9.47 Å². The van der Waals surface area contributed by atoms with Crippen LogP contribution >= 0.6 is 23.6 Å². The number of benzene rings is 1. The molecule has 0 radical (unpaired) electrons. The molecule has 0 saturated carbocycles. The lowest BCUT2D eigenvalue weighted by atomic mass is 10.2. The highest BCUT2D eigenvalue weighted by Gasteiger charge is 2.08. The van der Waals surface area contributed by atoms with E-state index in [2.05, 4.69) is 11.4 Å². The molecular weight excluding hydrogens is 290 g/mol. The normalized spacial score (nSPS) is 10.2. The van der Waals surface area contributed by atoms with E-state index in [1.54, 1.807) is 11.3 Å². The highest BCUT2D eigenvalue weighted by molar-refractivity contribution is 7.80. The van der Waals surface area contributed by atoms with Gasteiger partial charge in [0, 0.05) is 16.9 Å². The second-order valence-corrected chi connectivity index (χ2v) is 5.61. The van der Waals surface area contributed by atoms with E-state index in [0.717, 1.165) is 17.7 Å². The summed E-state index contributed by atoms with van der Waals surface area (Å²) < 4.78 is 11.4. The van der Waals surface area contributed by atoms with Crippen molar-refractivity contribution in [2.45, 2.75) is 13.3 Å². The number of rotatable bonds is 7. The molecule has 0 bridgehead atoms. The Morgan fingerprint density at radius 2 is 2.10 bits per heavy atom. The number of ether oxygens (including phenoxy) is 2. The smallest absolute Gasteiger partial charge is 0.161 e. The molecule has 0 saturated heterocycles. The highest BCUT2D eigenvalue weighted by atomic mass is 32.1. The molecule has 0 spiro atoms. The fraction of sp³-hybridized carbons (Fsp3) is 0.267. The van der Waals surface area contributed by atoms with E-state index in [1.807, 2.05) is 31.2 Å². The third-order valence-corrected chi connectivity index (χ3v) is 3.89. The average molecular weight is 307 g/mol. The van der Waals surface area contributed by atoms with Gasteiger partial charge in [-0.3, -0.25) is 0 Å². The quantitative estimate of drug-likeness (QED) is 0.796. The molecule has 0 unspecified atom stereocenters. The number of hydrogen-bond donors (Lipinski definition) is 1. The standard InChI is InChI=1S/C15H17NO2S2/c1-2-17-14-10-11(15(16)19)5-6-13(14)18-8-7-12-4-3-9-20-12/h3-6,9-10H,2,7-8H2,1H3,(H2,16,19). The minimum Gasteiger partial charge on any atom is -0.490 e. The van der Waals surface area contributed by atoms with E-state index in [-0.39, 0.29) is 0 Å². The molecule has 3 nitrogen and oxygen atoms in total. The molecule has 0 aliphatic rings. The summed E-state index contributed by atoms with van der Waals surface area (Å²) in [6.07, 6.45) is 0.889. The van der Waals surface area contributed by atoms with Crippen LogP contribution in [0.3, 0.4) is 0 Å². The van der Waals surface area contributed by atoms with Gasteiger partial charge in [-0.15, -0.1) is 11.3 Å². The number of thiocarbonyl (C=S) groups is 1. The van der Waals surface area contributed by atoms with Gasteiger partial charge in [0.05, 0.1) is 13.2 Å². The Morgan fingerprint density at radius 1 is 1.25 bits per heavy atom. The Kier molecular flexibility index (Phi) is 5.38. The maximum Gasteiger partial charge on any atom is 0.161 e. The van der Waals surface area contributed by atoms with E-state index >= 15 is 0 Å². The molecule has 2 aromatic rings. The van der Waals surface area contributed by atoms with E-state index in [1.165, 1.54) is 4.88 Å². The molecule has 106 valence electrons. The van der Waals surface area contributed by atoms with Crippen LogP contribution in [0.15, 0.2) is 35.7 Å². The maximum absolute atomic E-state index is 5.80. The van der Waals surface area contributed by atoms with Gasteiger partial charge in [0.1, 0.15) is 4.99 Å². The first-order chi connectivity index (χ1) is 9.70. The Balaban J connectivity index is 2.03. The highest BCUT2D eigenvalue weighted by Crippen LogP contribution is 2.28. The Morgan fingerprint density at radius 3 is 2.75 bits per heavy atom. The minimum absolute atomic E-state index is 0.357. The van der Waals surface area contributed by atoms with Gasteiger partial charge in [0.15, 0.2) is 11.5 Å². The van der Waals surface area contributed by atoms with Crippen molar-refractivity contribution in [3.05, 3.63) is 46.2 Å². The first kappa shape index (κ1) is 14.8. The van der Waals surface area contributed by atoms with Gasteiger partial charge in [-0.2, -0.15) is 0 Å². The van der Waals surface area contributed by atoms with Gasteiger partial charge in [0.25, 0.3) is 0 Å². The number of nitrogens with two attached hydrogens (primary N) is 1. The molecular formula is C15H17NO2S2. The SMILES string of the molecule is CCOc1cc(C(N)=S)ccc1OCCc1cccs1. The van der Waals surface area contributed by atoms with Crippen molar-refractivity contribution in [2.24, 2.45) is 5.73 Å². The molecule has 0 amide bonds. The summed E-state index contributed by atoms with van der Waals surface area (Å²) in [5, 5.41) is 2.07. The molecule has 0 fully saturated rings. The van der Waals surface area contributed by atoms with Crippen LogP contribution in [0, 0.1) is 0 Å². The zero-order valence-electron chi connectivity index (χ0n) is 11.3. The van der Waals surface area contributed by atoms with Crippen molar-refractivity contribution >= 4 is 28.5 Å². The third kappa shape index (κ3) is 3.95. The zero-order valence-corrected chi connectivity index (χ0v) is 12.9. The third-order valence-electron chi connectivity index (χ3n) is 2.71. The average Bonchev–Trinajstić information content (AvgIpc) is 2.93. The molecule has 1 heterocycles. The lowest BCUT2D eigenvalue weighted by Gasteiger charge is -2.12. The van der Waals surface area contributed by atoms with E-state index in [9.17, 15) is 0 Å². The summed E-state index contributed by atoms with van der Waals surface area (Å²) in [6, 6.07) is 9.68.